The van der Waals surface area contributed by atoms with Crippen LogP contribution in [0.2, 0.25) is 0 Å². The van der Waals surface area contributed by atoms with Crippen molar-refractivity contribution in [2.24, 2.45) is 0 Å². The average Bonchev–Trinajstić information content (AvgIpc) is 2.92. The summed E-state index contributed by atoms with van der Waals surface area (Å²) in [6.45, 7) is 2.08. The number of hydrogen-bond donors (Lipinski definition) is 2. The van der Waals surface area contributed by atoms with Crippen LogP contribution in [0.3, 0.4) is 0 Å². The van der Waals surface area contributed by atoms with Gasteiger partial charge in [0.15, 0.2) is 0 Å². The molecule has 2 heterocycles. The van der Waals surface area contributed by atoms with Crippen LogP contribution in [0.25, 0.3) is 11.0 Å². The third kappa shape index (κ3) is 2.02. The molecule has 1 aromatic carbocycles. The van der Waals surface area contributed by atoms with Crippen LogP contribution in [0.4, 0.5) is 5.69 Å². The molecule has 0 radical (unpaired) electrons. The number of benzene rings is 1. The fourth-order valence-corrected chi connectivity index (χ4v) is 1.89. The van der Waals surface area contributed by atoms with Crippen LogP contribution in [-0.2, 0) is 0 Å². The van der Waals surface area contributed by atoms with Gasteiger partial charge in [0.1, 0.15) is 0 Å². The predicted molar refractivity (Wildman–Crippen MR) is 70.2 cm³/mol. The molecule has 0 saturated carbocycles. The molecule has 0 amide bonds. The lowest BCUT2D eigenvalue weighted by atomic mass is 10.2. The summed E-state index contributed by atoms with van der Waals surface area (Å²) in [5.74, 6) is 0. The molecule has 0 spiro atoms. The standard InChI is InChI=1S/C13H13N5/c1-9(11-4-5-16-18-11)17-10-2-3-12-13(8-10)15-7-6-14-12/h2-9,17H,1H3,(H,16,18). The highest BCUT2D eigenvalue weighted by Gasteiger charge is 2.06. The zero-order chi connectivity index (χ0) is 12.4. The lowest BCUT2D eigenvalue weighted by molar-refractivity contribution is 0.826. The van der Waals surface area contributed by atoms with Gasteiger partial charge in [0, 0.05) is 24.3 Å². The predicted octanol–water partition coefficient (Wildman–Crippen LogP) is 2.53. The van der Waals surface area contributed by atoms with Crippen molar-refractivity contribution in [1.29, 1.82) is 0 Å². The van der Waals surface area contributed by atoms with E-state index in [1.54, 1.807) is 18.6 Å². The topological polar surface area (TPSA) is 66.5 Å². The van der Waals surface area contributed by atoms with E-state index in [0.717, 1.165) is 22.4 Å². The maximum absolute atomic E-state index is 4.29. The minimum absolute atomic E-state index is 0.168. The van der Waals surface area contributed by atoms with E-state index in [1.165, 1.54) is 0 Å². The molecule has 0 fully saturated rings. The van der Waals surface area contributed by atoms with Crippen molar-refractivity contribution in [1.82, 2.24) is 20.2 Å². The maximum atomic E-state index is 4.29. The van der Waals surface area contributed by atoms with Gasteiger partial charge < -0.3 is 5.32 Å². The van der Waals surface area contributed by atoms with Crippen molar-refractivity contribution in [3.63, 3.8) is 0 Å². The molecule has 0 aliphatic rings. The van der Waals surface area contributed by atoms with Crippen LogP contribution in [0.1, 0.15) is 18.7 Å². The SMILES string of the molecule is CC(Nc1ccc2nccnc2c1)c1ccn[nH]1. The molecule has 5 heteroatoms. The Kier molecular flexibility index (Phi) is 2.64. The number of nitrogens with zero attached hydrogens (tertiary/aromatic N) is 3. The molecule has 0 aliphatic heterocycles. The first-order chi connectivity index (χ1) is 8.83. The summed E-state index contributed by atoms with van der Waals surface area (Å²) in [5.41, 5.74) is 3.86. The third-order valence-electron chi connectivity index (χ3n) is 2.84. The molecule has 1 atom stereocenters. The van der Waals surface area contributed by atoms with E-state index in [-0.39, 0.29) is 6.04 Å². The van der Waals surface area contributed by atoms with Crippen molar-refractivity contribution >= 4 is 16.7 Å². The van der Waals surface area contributed by atoms with E-state index in [0.29, 0.717) is 0 Å². The number of aromatic amines is 1. The van der Waals surface area contributed by atoms with Gasteiger partial charge in [-0.25, -0.2) is 0 Å². The number of anilines is 1. The summed E-state index contributed by atoms with van der Waals surface area (Å²) < 4.78 is 0. The van der Waals surface area contributed by atoms with E-state index in [2.05, 4.69) is 32.4 Å². The van der Waals surface area contributed by atoms with Crippen LogP contribution in [0.15, 0.2) is 42.9 Å². The third-order valence-corrected chi connectivity index (χ3v) is 2.84. The zero-order valence-electron chi connectivity index (χ0n) is 9.96. The molecular formula is C13H13N5. The smallest absolute Gasteiger partial charge is 0.0907 e. The van der Waals surface area contributed by atoms with Gasteiger partial charge in [-0.2, -0.15) is 5.10 Å². The lowest BCUT2D eigenvalue weighted by Gasteiger charge is -2.13. The fraction of sp³-hybridized carbons (Fsp3) is 0.154. The second-order valence-corrected chi connectivity index (χ2v) is 4.14. The number of fused-ring (bicyclic) bond motifs is 1. The summed E-state index contributed by atoms with van der Waals surface area (Å²) in [7, 11) is 0. The van der Waals surface area contributed by atoms with Crippen LogP contribution in [0, 0.1) is 0 Å². The number of rotatable bonds is 3. The van der Waals surface area contributed by atoms with Crippen LogP contribution in [0.5, 0.6) is 0 Å². The lowest BCUT2D eigenvalue weighted by Crippen LogP contribution is -2.07. The van der Waals surface area contributed by atoms with Crippen molar-refractivity contribution < 1.29 is 0 Å². The van der Waals surface area contributed by atoms with E-state index in [1.807, 2.05) is 24.3 Å². The Balaban J connectivity index is 1.86. The van der Waals surface area contributed by atoms with Gasteiger partial charge in [-0.05, 0) is 31.2 Å². The summed E-state index contributed by atoms with van der Waals surface area (Å²) >= 11 is 0. The fourth-order valence-electron chi connectivity index (χ4n) is 1.89. The monoisotopic (exact) mass is 239 g/mol. The highest BCUT2D eigenvalue weighted by molar-refractivity contribution is 5.78. The Morgan fingerprint density at radius 2 is 1.89 bits per heavy atom. The first-order valence-electron chi connectivity index (χ1n) is 5.79. The minimum Gasteiger partial charge on any atom is -0.377 e. The molecule has 5 nitrogen and oxygen atoms in total. The van der Waals surface area contributed by atoms with Crippen LogP contribution in [-0.4, -0.2) is 20.2 Å². The normalized spacial score (nSPS) is 12.5. The zero-order valence-corrected chi connectivity index (χ0v) is 9.96. The first-order valence-corrected chi connectivity index (χ1v) is 5.79. The van der Waals surface area contributed by atoms with E-state index >= 15 is 0 Å². The van der Waals surface area contributed by atoms with E-state index in [4.69, 9.17) is 0 Å². The molecule has 0 aliphatic carbocycles. The van der Waals surface area contributed by atoms with Crippen molar-refractivity contribution in [2.75, 3.05) is 5.32 Å². The summed E-state index contributed by atoms with van der Waals surface area (Å²) in [5, 5.41) is 10.3. The molecule has 2 N–H and O–H groups in total. The largest absolute Gasteiger partial charge is 0.377 e. The average molecular weight is 239 g/mol. The van der Waals surface area contributed by atoms with Gasteiger partial charge in [0.25, 0.3) is 0 Å². The van der Waals surface area contributed by atoms with Crippen molar-refractivity contribution in [3.8, 4) is 0 Å². The number of aromatic nitrogens is 4. The summed E-state index contributed by atoms with van der Waals surface area (Å²) in [4.78, 5) is 8.53. The Morgan fingerprint density at radius 3 is 2.67 bits per heavy atom. The highest BCUT2D eigenvalue weighted by atomic mass is 15.1. The quantitative estimate of drug-likeness (QED) is 0.737. The van der Waals surface area contributed by atoms with Gasteiger partial charge in [-0.3, -0.25) is 15.1 Å². The first kappa shape index (κ1) is 10.7. The van der Waals surface area contributed by atoms with Crippen LogP contribution >= 0.6 is 0 Å². The molecular weight excluding hydrogens is 226 g/mol. The number of H-pyrrole nitrogens is 1. The molecule has 90 valence electrons. The Labute approximate surface area is 104 Å². The van der Waals surface area contributed by atoms with E-state index < -0.39 is 0 Å². The molecule has 0 saturated heterocycles. The molecule has 2 aromatic heterocycles. The Hall–Kier alpha value is -2.43. The van der Waals surface area contributed by atoms with E-state index in [9.17, 15) is 0 Å². The van der Waals surface area contributed by atoms with Crippen LogP contribution < -0.4 is 5.32 Å². The maximum Gasteiger partial charge on any atom is 0.0907 e. The second-order valence-electron chi connectivity index (χ2n) is 4.14. The van der Waals surface area contributed by atoms with Gasteiger partial charge in [-0.1, -0.05) is 0 Å². The molecule has 3 rings (SSSR count). The summed E-state index contributed by atoms with van der Waals surface area (Å²) in [6, 6.07) is 8.09. The Morgan fingerprint density at radius 1 is 1.06 bits per heavy atom. The van der Waals surface area contributed by atoms with Gasteiger partial charge >= 0.3 is 0 Å². The second kappa shape index (κ2) is 4.44. The molecule has 0 bridgehead atoms. The van der Waals surface area contributed by atoms with Gasteiger partial charge in [0.05, 0.1) is 22.8 Å². The Bertz CT molecular complexity index is 647. The molecule has 3 aromatic rings. The highest BCUT2D eigenvalue weighted by Crippen LogP contribution is 2.20. The van der Waals surface area contributed by atoms with Crippen molar-refractivity contribution in [2.45, 2.75) is 13.0 Å². The van der Waals surface area contributed by atoms with Crippen molar-refractivity contribution in [3.05, 3.63) is 48.5 Å². The van der Waals surface area contributed by atoms with Gasteiger partial charge in [0.2, 0.25) is 0 Å². The summed E-state index contributed by atoms with van der Waals surface area (Å²) in [6.07, 6.45) is 5.15. The minimum atomic E-state index is 0.168. The van der Waals surface area contributed by atoms with Gasteiger partial charge in [-0.15, -0.1) is 0 Å². The molecule has 1 unspecified atom stereocenters. The number of hydrogen-bond acceptors (Lipinski definition) is 4. The molecule has 18 heavy (non-hydrogen) atoms. The number of nitrogens with one attached hydrogen (secondary N) is 2.